The van der Waals surface area contributed by atoms with Crippen LogP contribution >= 0.6 is 11.3 Å². The molecule has 3 nitrogen and oxygen atoms in total. The lowest BCUT2D eigenvalue weighted by Gasteiger charge is -2.43. The molecule has 2 aliphatic rings. The second-order valence-electron chi connectivity index (χ2n) is 6.86. The molecule has 4 rings (SSSR count). The molecule has 0 radical (unpaired) electrons. The molecule has 2 aromatic rings. The molecule has 0 N–H and O–H groups in total. The van der Waals surface area contributed by atoms with Crippen molar-refractivity contribution in [1.82, 2.24) is 4.90 Å². The molecule has 4 atom stereocenters. The van der Waals surface area contributed by atoms with Gasteiger partial charge in [0.1, 0.15) is 0 Å². The summed E-state index contributed by atoms with van der Waals surface area (Å²) < 4.78 is 5.14. The molecule has 2 bridgehead atoms. The van der Waals surface area contributed by atoms with Gasteiger partial charge in [0, 0.05) is 29.4 Å². The molecule has 0 saturated carbocycles. The van der Waals surface area contributed by atoms with Gasteiger partial charge in [0.05, 0.1) is 13.0 Å². The summed E-state index contributed by atoms with van der Waals surface area (Å²) in [5.41, 5.74) is 1.36. The molecule has 1 aromatic carbocycles. The summed E-state index contributed by atoms with van der Waals surface area (Å²) in [5.74, 6) is 0.225. The van der Waals surface area contributed by atoms with E-state index in [9.17, 15) is 4.79 Å². The lowest BCUT2D eigenvalue weighted by atomic mass is 9.78. The molecule has 2 fully saturated rings. The minimum absolute atomic E-state index is 0.00169. The summed E-state index contributed by atoms with van der Waals surface area (Å²) >= 11 is 1.77. The van der Waals surface area contributed by atoms with E-state index in [1.54, 1.807) is 11.3 Å². The number of fused-ring (bicyclic) bond motifs is 2. The van der Waals surface area contributed by atoms with Crippen molar-refractivity contribution >= 4 is 17.3 Å². The van der Waals surface area contributed by atoms with Crippen LogP contribution in [0.1, 0.15) is 35.6 Å². The number of carbonyl (C=O) groups excluding carboxylic acids is 1. The smallest absolute Gasteiger partial charge is 0.309 e. The highest BCUT2D eigenvalue weighted by atomic mass is 32.1. The Morgan fingerprint density at radius 1 is 1.21 bits per heavy atom. The van der Waals surface area contributed by atoms with Crippen LogP contribution in [0, 0.1) is 5.92 Å². The van der Waals surface area contributed by atoms with Crippen molar-refractivity contribution in [3.63, 3.8) is 0 Å². The fourth-order valence-electron chi connectivity index (χ4n) is 4.62. The Balaban J connectivity index is 1.64. The van der Waals surface area contributed by atoms with Gasteiger partial charge in [-0.05, 0) is 36.3 Å². The number of benzene rings is 1. The Morgan fingerprint density at radius 3 is 2.75 bits per heavy atom. The zero-order valence-corrected chi connectivity index (χ0v) is 14.7. The van der Waals surface area contributed by atoms with E-state index in [0.717, 1.165) is 13.0 Å². The third kappa shape index (κ3) is 2.78. The van der Waals surface area contributed by atoms with Crippen LogP contribution in [0.3, 0.4) is 0 Å². The average Bonchev–Trinajstić information content (AvgIpc) is 3.23. The van der Waals surface area contributed by atoms with Crippen LogP contribution in [0.2, 0.25) is 0 Å². The van der Waals surface area contributed by atoms with Crippen LogP contribution < -0.4 is 0 Å². The number of esters is 1. The average molecular weight is 341 g/mol. The van der Waals surface area contributed by atoms with Gasteiger partial charge in [-0.3, -0.25) is 9.69 Å². The highest BCUT2D eigenvalue weighted by Crippen LogP contribution is 2.49. The van der Waals surface area contributed by atoms with Gasteiger partial charge in [0.15, 0.2) is 0 Å². The van der Waals surface area contributed by atoms with E-state index >= 15 is 0 Å². The van der Waals surface area contributed by atoms with Gasteiger partial charge >= 0.3 is 5.97 Å². The maximum absolute atomic E-state index is 12.4. The van der Waals surface area contributed by atoms with Gasteiger partial charge in [-0.15, -0.1) is 11.3 Å². The Kier molecular flexibility index (Phi) is 4.42. The van der Waals surface area contributed by atoms with Crippen LogP contribution in [0.4, 0.5) is 0 Å². The first kappa shape index (κ1) is 15.9. The number of rotatable bonds is 4. The van der Waals surface area contributed by atoms with Crippen LogP contribution in [0.5, 0.6) is 0 Å². The number of hydrogen-bond donors (Lipinski definition) is 0. The maximum atomic E-state index is 12.4. The molecular weight excluding hydrogens is 318 g/mol. The minimum Gasteiger partial charge on any atom is -0.469 e. The van der Waals surface area contributed by atoms with Crippen molar-refractivity contribution in [3.05, 3.63) is 58.3 Å². The number of methoxy groups -OCH3 is 1. The SMILES string of the molecule is COC(=O)[C@H]1C[C@H]2CC[C@H]([C@H]1c1cccs1)N2Cc1ccccc1. The fourth-order valence-corrected chi connectivity index (χ4v) is 5.57. The van der Waals surface area contributed by atoms with Crippen LogP contribution in [-0.4, -0.2) is 30.1 Å². The number of hydrogen-bond acceptors (Lipinski definition) is 4. The summed E-state index contributed by atoms with van der Waals surface area (Å²) in [6, 6.07) is 15.9. The molecule has 0 unspecified atom stereocenters. The first-order valence-electron chi connectivity index (χ1n) is 8.69. The van der Waals surface area contributed by atoms with Crippen LogP contribution in [0.15, 0.2) is 47.8 Å². The zero-order chi connectivity index (χ0) is 16.5. The standard InChI is InChI=1S/C20H23NO2S/c1-23-20(22)16-12-15-9-10-17(19(16)18-8-5-11-24-18)21(15)13-14-6-3-2-4-7-14/h2-8,11,15-17,19H,9-10,12-13H2,1H3/t15-,16+,17-,19+/m1/s1. The molecule has 3 heterocycles. The topological polar surface area (TPSA) is 29.5 Å². The summed E-state index contributed by atoms with van der Waals surface area (Å²) in [5, 5.41) is 2.12. The monoisotopic (exact) mass is 341 g/mol. The van der Waals surface area contributed by atoms with E-state index in [1.165, 1.54) is 30.4 Å². The van der Waals surface area contributed by atoms with E-state index in [2.05, 4.69) is 52.7 Å². The van der Waals surface area contributed by atoms with Crippen molar-refractivity contribution in [1.29, 1.82) is 0 Å². The number of thiophene rings is 1. The van der Waals surface area contributed by atoms with Gasteiger partial charge in [-0.1, -0.05) is 36.4 Å². The predicted molar refractivity (Wildman–Crippen MR) is 96.0 cm³/mol. The fraction of sp³-hybridized carbons (Fsp3) is 0.450. The Morgan fingerprint density at radius 2 is 2.04 bits per heavy atom. The molecule has 0 amide bonds. The van der Waals surface area contributed by atoms with Gasteiger partial charge in [0.2, 0.25) is 0 Å². The van der Waals surface area contributed by atoms with Crippen molar-refractivity contribution in [3.8, 4) is 0 Å². The Hall–Kier alpha value is -1.65. The molecular formula is C20H23NO2S. The summed E-state index contributed by atoms with van der Waals surface area (Å²) in [7, 11) is 1.52. The first-order valence-corrected chi connectivity index (χ1v) is 9.57. The van der Waals surface area contributed by atoms with Crippen molar-refractivity contribution in [2.75, 3.05) is 7.11 Å². The molecule has 0 aliphatic carbocycles. The van der Waals surface area contributed by atoms with E-state index in [0.29, 0.717) is 12.1 Å². The number of carbonyl (C=O) groups is 1. The summed E-state index contributed by atoms with van der Waals surface area (Å²) in [4.78, 5) is 16.4. The number of piperidine rings is 1. The summed E-state index contributed by atoms with van der Waals surface area (Å²) in [6.45, 7) is 0.978. The highest BCUT2D eigenvalue weighted by Gasteiger charge is 2.50. The van der Waals surface area contributed by atoms with Crippen LogP contribution in [0.25, 0.3) is 0 Å². The van der Waals surface area contributed by atoms with Gasteiger partial charge in [-0.25, -0.2) is 0 Å². The largest absolute Gasteiger partial charge is 0.469 e. The molecule has 1 aromatic heterocycles. The van der Waals surface area contributed by atoms with E-state index < -0.39 is 0 Å². The van der Waals surface area contributed by atoms with Crippen molar-refractivity contribution < 1.29 is 9.53 Å². The minimum atomic E-state index is -0.0374. The highest BCUT2D eigenvalue weighted by molar-refractivity contribution is 7.10. The van der Waals surface area contributed by atoms with Gasteiger partial charge < -0.3 is 4.74 Å². The maximum Gasteiger partial charge on any atom is 0.309 e. The quantitative estimate of drug-likeness (QED) is 0.786. The molecule has 0 spiro atoms. The second-order valence-corrected chi connectivity index (χ2v) is 7.84. The molecule has 2 saturated heterocycles. The third-order valence-corrected chi connectivity index (χ3v) is 6.62. The van der Waals surface area contributed by atoms with Gasteiger partial charge in [-0.2, -0.15) is 0 Å². The Bertz CT molecular complexity index is 685. The van der Waals surface area contributed by atoms with Gasteiger partial charge in [0.25, 0.3) is 0 Å². The third-order valence-electron chi connectivity index (χ3n) is 5.65. The molecule has 4 heteroatoms. The molecule has 24 heavy (non-hydrogen) atoms. The normalized spacial score (nSPS) is 29.5. The van der Waals surface area contributed by atoms with E-state index in [4.69, 9.17) is 4.74 Å². The van der Waals surface area contributed by atoms with Crippen molar-refractivity contribution in [2.45, 2.75) is 43.8 Å². The van der Waals surface area contributed by atoms with Crippen LogP contribution in [-0.2, 0) is 16.1 Å². The van der Waals surface area contributed by atoms with E-state index in [-0.39, 0.29) is 17.8 Å². The van der Waals surface area contributed by atoms with E-state index in [1.807, 2.05) is 0 Å². The molecule has 126 valence electrons. The summed E-state index contributed by atoms with van der Waals surface area (Å²) in [6.07, 6.45) is 3.28. The number of nitrogens with zero attached hydrogens (tertiary/aromatic N) is 1. The zero-order valence-electron chi connectivity index (χ0n) is 13.9. The first-order chi connectivity index (χ1) is 11.8. The lowest BCUT2D eigenvalue weighted by molar-refractivity contribution is -0.149. The predicted octanol–water partition coefficient (Wildman–Crippen LogP) is 4.06. The second kappa shape index (κ2) is 6.69. The van der Waals surface area contributed by atoms with Crippen molar-refractivity contribution in [2.24, 2.45) is 5.92 Å². The lowest BCUT2D eigenvalue weighted by Crippen LogP contribution is -2.49. The molecule has 2 aliphatic heterocycles. The number of ether oxygens (including phenoxy) is 1. The Labute approximate surface area is 147 Å².